The number of nitrogens with two attached hydrogens (primary N) is 1. The van der Waals surface area contributed by atoms with Crippen LogP contribution in [0.2, 0.25) is 0 Å². The van der Waals surface area contributed by atoms with Gasteiger partial charge in [-0.05, 0) is 61.9 Å². The number of aryl methyl sites for hydroxylation is 1. The molecule has 11 heteroatoms. The van der Waals surface area contributed by atoms with Gasteiger partial charge in [0.2, 0.25) is 17.7 Å². The lowest BCUT2D eigenvalue weighted by Gasteiger charge is -2.20. The average molecular weight is 552 g/mol. The molecule has 3 amide bonds. The van der Waals surface area contributed by atoms with E-state index in [0.717, 1.165) is 53.7 Å². The molecule has 0 saturated heterocycles. The van der Waals surface area contributed by atoms with E-state index in [2.05, 4.69) is 15.0 Å². The van der Waals surface area contributed by atoms with Crippen LogP contribution in [-0.4, -0.2) is 33.1 Å². The molecular weight excluding hydrogens is 524 g/mol. The number of carbonyl (C=O) groups is 3. The number of imidazole rings is 1. The van der Waals surface area contributed by atoms with Gasteiger partial charge in [0.05, 0.1) is 12.1 Å². The summed E-state index contributed by atoms with van der Waals surface area (Å²) >= 11 is 1.66. The zero-order valence-electron chi connectivity index (χ0n) is 21.2. The Bertz CT molecular complexity index is 1540. The Morgan fingerprint density at radius 2 is 1.87 bits per heavy atom. The third-order valence-electron chi connectivity index (χ3n) is 6.76. The van der Waals surface area contributed by atoms with Crippen LogP contribution in [-0.2, 0) is 33.6 Å². The van der Waals surface area contributed by atoms with Gasteiger partial charge >= 0.3 is 0 Å². The van der Waals surface area contributed by atoms with Crippen molar-refractivity contribution >= 4 is 39.7 Å². The van der Waals surface area contributed by atoms with Crippen LogP contribution in [0.15, 0.2) is 48.7 Å². The predicted molar refractivity (Wildman–Crippen MR) is 144 cm³/mol. The highest BCUT2D eigenvalue weighted by atomic mass is 32.1. The zero-order chi connectivity index (χ0) is 27.7. The van der Waals surface area contributed by atoms with Crippen LogP contribution >= 0.6 is 11.3 Å². The van der Waals surface area contributed by atoms with Crippen molar-refractivity contribution in [1.82, 2.24) is 14.7 Å². The van der Waals surface area contributed by atoms with Gasteiger partial charge in [0, 0.05) is 40.5 Å². The van der Waals surface area contributed by atoms with E-state index in [0.29, 0.717) is 12.1 Å². The molecule has 1 aliphatic carbocycles. The molecule has 0 bridgehead atoms. The fourth-order valence-electron chi connectivity index (χ4n) is 4.88. The quantitative estimate of drug-likeness (QED) is 0.307. The van der Waals surface area contributed by atoms with E-state index < -0.39 is 29.5 Å². The van der Waals surface area contributed by atoms with Crippen molar-refractivity contribution in [2.45, 2.75) is 45.1 Å². The van der Waals surface area contributed by atoms with Gasteiger partial charge in [0.15, 0.2) is 4.96 Å². The zero-order valence-corrected chi connectivity index (χ0v) is 22.0. The van der Waals surface area contributed by atoms with Crippen molar-refractivity contribution in [2.24, 2.45) is 11.7 Å². The lowest BCUT2D eigenvalue weighted by atomic mass is 9.88. The van der Waals surface area contributed by atoms with Crippen LogP contribution in [0.5, 0.6) is 0 Å². The van der Waals surface area contributed by atoms with Crippen LogP contribution in [0.1, 0.15) is 35.9 Å². The first-order chi connectivity index (χ1) is 18.6. The fourth-order valence-corrected chi connectivity index (χ4v) is 6.02. The van der Waals surface area contributed by atoms with Crippen LogP contribution < -0.4 is 16.4 Å². The van der Waals surface area contributed by atoms with E-state index in [-0.39, 0.29) is 23.8 Å². The summed E-state index contributed by atoms with van der Waals surface area (Å²) in [7, 11) is 0. The first kappa shape index (κ1) is 26.5. The Morgan fingerprint density at radius 1 is 1.15 bits per heavy atom. The van der Waals surface area contributed by atoms with Gasteiger partial charge in [0.25, 0.3) is 0 Å². The summed E-state index contributed by atoms with van der Waals surface area (Å²) in [6, 6.07) is 9.24. The third kappa shape index (κ3) is 6.14. The van der Waals surface area contributed by atoms with E-state index in [1.807, 2.05) is 18.3 Å². The molecule has 0 spiro atoms. The number of rotatable bonds is 8. The number of thiazole rings is 1. The second-order valence-corrected chi connectivity index (χ2v) is 10.9. The number of amides is 3. The van der Waals surface area contributed by atoms with Gasteiger partial charge in [-0.1, -0.05) is 12.1 Å². The molecule has 0 aliphatic heterocycles. The second-order valence-electron chi connectivity index (χ2n) is 9.84. The molecule has 39 heavy (non-hydrogen) atoms. The molecule has 1 aliphatic rings. The number of nitrogens with one attached hydrogen (secondary N) is 2. The van der Waals surface area contributed by atoms with Crippen molar-refractivity contribution in [3.63, 3.8) is 0 Å². The van der Waals surface area contributed by atoms with Crippen LogP contribution in [0.25, 0.3) is 16.2 Å². The second kappa shape index (κ2) is 10.9. The number of hydrogen-bond donors (Lipinski definition) is 3. The Morgan fingerprint density at radius 3 is 2.56 bits per heavy atom. The number of fused-ring (bicyclic) bond motifs is 3. The molecule has 4 aromatic rings. The van der Waals surface area contributed by atoms with Gasteiger partial charge in [-0.15, -0.1) is 11.3 Å². The monoisotopic (exact) mass is 551 g/mol. The fraction of sp³-hybridized carbons (Fsp3) is 0.286. The number of aromatic nitrogens is 2. The summed E-state index contributed by atoms with van der Waals surface area (Å²) in [6.07, 6.45) is 4.81. The lowest BCUT2D eigenvalue weighted by Crippen LogP contribution is -2.42. The normalized spacial score (nSPS) is 15.5. The Labute approximate surface area is 227 Å². The molecule has 2 aromatic carbocycles. The average Bonchev–Trinajstić information content (AvgIpc) is 3.42. The van der Waals surface area contributed by atoms with E-state index in [9.17, 15) is 23.2 Å². The first-order valence-corrected chi connectivity index (χ1v) is 13.4. The molecule has 8 nitrogen and oxygen atoms in total. The van der Waals surface area contributed by atoms with E-state index in [4.69, 9.17) is 10.7 Å². The maximum atomic E-state index is 13.4. The summed E-state index contributed by atoms with van der Waals surface area (Å²) in [5.41, 5.74) is 9.00. The van der Waals surface area contributed by atoms with E-state index in [1.54, 1.807) is 23.5 Å². The van der Waals surface area contributed by atoms with Crippen molar-refractivity contribution in [2.75, 3.05) is 5.32 Å². The van der Waals surface area contributed by atoms with Crippen molar-refractivity contribution < 1.29 is 23.2 Å². The smallest absolute Gasteiger partial charge is 0.246 e. The van der Waals surface area contributed by atoms with Crippen molar-refractivity contribution in [1.29, 1.82) is 0 Å². The highest BCUT2D eigenvalue weighted by molar-refractivity contribution is 7.17. The molecule has 2 heterocycles. The number of nitrogens with zero attached hydrogens (tertiary/aromatic N) is 2. The molecule has 4 N–H and O–H groups in total. The molecule has 0 saturated carbocycles. The Balaban J connectivity index is 1.20. The highest BCUT2D eigenvalue weighted by Gasteiger charge is 2.25. The number of anilines is 1. The topological polar surface area (TPSA) is 119 Å². The van der Waals surface area contributed by atoms with Crippen LogP contribution in [0.3, 0.4) is 0 Å². The molecule has 2 atom stereocenters. The van der Waals surface area contributed by atoms with Gasteiger partial charge in [0.1, 0.15) is 17.7 Å². The van der Waals surface area contributed by atoms with Crippen molar-refractivity contribution in [3.05, 3.63) is 76.4 Å². The maximum Gasteiger partial charge on any atom is 0.246 e. The molecule has 5 rings (SSSR count). The molecular formula is C28H27F2N5O3S. The number of halogens is 2. The first-order valence-electron chi connectivity index (χ1n) is 12.6. The van der Waals surface area contributed by atoms with Gasteiger partial charge < -0.3 is 16.4 Å². The predicted octanol–water partition coefficient (Wildman–Crippen LogP) is 4.01. The number of benzene rings is 2. The number of primary amides is 1. The SMILES string of the molecule is C[C@@H](NC(=O)Cc1cc(F)cc(F)c1)C(=O)Nc1ccc(-c2cn3c4c(sc3n2)CCC(CC(N)=O)C4)cc1. The standard InChI is InChI=1S/C28H27F2N5O3S/c1-15(32-26(37)12-17-8-19(29)13-20(30)9-17)27(38)33-21-5-3-18(4-6-21)22-14-35-23-10-16(11-25(31)36)2-7-24(23)39-28(35)34-22/h3-6,8-9,13-16H,2,7,10-12H2,1H3,(H2,31,36)(H,32,37)(H,33,38)/t15-,16?/m1/s1. The largest absolute Gasteiger partial charge is 0.370 e. The van der Waals surface area contributed by atoms with Gasteiger partial charge in [-0.25, -0.2) is 13.8 Å². The minimum absolute atomic E-state index is 0.179. The lowest BCUT2D eigenvalue weighted by molar-refractivity contribution is -0.125. The maximum absolute atomic E-state index is 13.4. The molecule has 202 valence electrons. The third-order valence-corrected chi connectivity index (χ3v) is 7.91. The summed E-state index contributed by atoms with van der Waals surface area (Å²) in [5, 5.41) is 5.30. The molecule has 1 unspecified atom stereocenters. The Hall–Kier alpha value is -4.12. The summed E-state index contributed by atoms with van der Waals surface area (Å²) in [6.45, 7) is 1.53. The molecule has 2 aromatic heterocycles. The van der Waals surface area contributed by atoms with Crippen molar-refractivity contribution in [3.8, 4) is 11.3 Å². The summed E-state index contributed by atoms with van der Waals surface area (Å²) in [4.78, 5) is 43.2. The Kier molecular flexibility index (Phi) is 7.42. The van der Waals surface area contributed by atoms with Gasteiger partial charge in [-0.3, -0.25) is 18.8 Å². The summed E-state index contributed by atoms with van der Waals surface area (Å²) in [5.74, 6) is -2.52. The van der Waals surface area contributed by atoms with Crippen LogP contribution in [0, 0.1) is 17.6 Å². The van der Waals surface area contributed by atoms with E-state index >= 15 is 0 Å². The molecule has 0 fully saturated rings. The minimum Gasteiger partial charge on any atom is -0.370 e. The van der Waals surface area contributed by atoms with Gasteiger partial charge in [-0.2, -0.15) is 0 Å². The number of hydrogen-bond acceptors (Lipinski definition) is 5. The highest BCUT2D eigenvalue weighted by Crippen LogP contribution is 2.35. The molecule has 0 radical (unpaired) electrons. The number of carbonyl (C=O) groups excluding carboxylic acids is 3. The van der Waals surface area contributed by atoms with E-state index in [1.165, 1.54) is 17.5 Å². The van der Waals surface area contributed by atoms with Crippen LogP contribution in [0.4, 0.5) is 14.5 Å². The summed E-state index contributed by atoms with van der Waals surface area (Å²) < 4.78 is 28.8. The minimum atomic E-state index is -0.861.